The van der Waals surface area contributed by atoms with Crippen LogP contribution in [0.15, 0.2) is 0 Å². The van der Waals surface area contributed by atoms with E-state index in [1.165, 1.54) is 0 Å². The van der Waals surface area contributed by atoms with Crippen LogP contribution in [0.1, 0.15) is 0 Å². The molecule has 0 aromatic heterocycles. The van der Waals surface area contributed by atoms with Crippen molar-refractivity contribution in [3.8, 4) is 0 Å². The van der Waals surface area contributed by atoms with E-state index in [0.29, 0.717) is 0 Å². The summed E-state index contributed by atoms with van der Waals surface area (Å²) >= 11 is -1.05. The molecule has 0 heterocycles. The van der Waals surface area contributed by atoms with Gasteiger partial charge in [-0.15, -0.1) is 0 Å². The molecular weight excluding hydrogens is 323 g/mol. The van der Waals surface area contributed by atoms with E-state index in [4.69, 9.17) is 0 Å². The van der Waals surface area contributed by atoms with E-state index in [0.717, 1.165) is 0 Å². The monoisotopic (exact) mass is 341 g/mol. The molecule has 0 radical (unpaired) electrons. The van der Waals surface area contributed by atoms with E-state index < -0.39 is 30.3 Å². The average molecular weight is 341 g/mol. The molecule has 0 spiro atoms. The number of rotatable bonds is 2. The van der Waals surface area contributed by atoms with Crippen LogP contribution in [-0.4, -0.2) is 39.8 Å². The van der Waals surface area contributed by atoms with Crippen molar-refractivity contribution < 1.29 is 0 Å². The Morgan fingerprint density at radius 2 is 1.44 bits per heavy atom. The molecule has 0 atom stereocenters. The topological polar surface area (TPSA) is 3.24 Å². The SMILES string of the molecule is C[N]([Bi]([CH3])[CH3])[Si](C)(C)C. The quantitative estimate of drug-likeness (QED) is 0.695. The van der Waals surface area contributed by atoms with Gasteiger partial charge in [-0.2, -0.15) is 0 Å². The van der Waals surface area contributed by atoms with Gasteiger partial charge < -0.3 is 0 Å². The first-order valence-corrected chi connectivity index (χ1v) is 15.2. The first kappa shape index (κ1) is 10.1. The van der Waals surface area contributed by atoms with Gasteiger partial charge in [0.05, 0.1) is 0 Å². The Morgan fingerprint density at radius 3 is 1.44 bits per heavy atom. The van der Waals surface area contributed by atoms with Crippen molar-refractivity contribution in [2.24, 2.45) is 0 Å². The van der Waals surface area contributed by atoms with E-state index in [2.05, 4.69) is 38.5 Å². The second kappa shape index (κ2) is 3.45. The maximum atomic E-state index is 2.70. The Hall–Kier alpha value is 1.06. The summed E-state index contributed by atoms with van der Waals surface area (Å²) in [5.74, 6) is 0. The van der Waals surface area contributed by atoms with Gasteiger partial charge in [-0.05, 0) is 0 Å². The molecule has 0 aromatic rings. The van der Waals surface area contributed by atoms with Crippen LogP contribution in [0.3, 0.4) is 0 Å². The molecule has 56 valence electrons. The molecular formula is C6H18BiNSi. The van der Waals surface area contributed by atoms with Crippen LogP contribution >= 0.6 is 0 Å². The molecule has 0 aliphatic carbocycles. The van der Waals surface area contributed by atoms with E-state index in [-0.39, 0.29) is 0 Å². The minimum atomic E-state index is -1.05. The summed E-state index contributed by atoms with van der Waals surface area (Å²) < 4.78 is 7.60. The molecule has 0 aliphatic rings. The molecule has 0 aliphatic heterocycles. The Bertz CT molecular complexity index is 87.5. The van der Waals surface area contributed by atoms with E-state index in [9.17, 15) is 0 Å². The Labute approximate surface area is 68.6 Å². The summed E-state index contributed by atoms with van der Waals surface area (Å²) in [4.78, 5) is 0. The van der Waals surface area contributed by atoms with Crippen LogP contribution in [0.5, 0.6) is 0 Å². The van der Waals surface area contributed by atoms with Crippen molar-refractivity contribution in [3.63, 3.8) is 0 Å². The average Bonchev–Trinajstić information content (AvgIpc) is 1.62. The predicted molar refractivity (Wildman–Crippen MR) is 48.6 cm³/mol. The molecule has 9 heavy (non-hydrogen) atoms. The molecule has 1 nitrogen and oxygen atoms in total. The summed E-state index contributed by atoms with van der Waals surface area (Å²) in [5, 5.41) is 0. The van der Waals surface area contributed by atoms with Gasteiger partial charge in [0.25, 0.3) is 0 Å². The van der Waals surface area contributed by atoms with Crippen LogP contribution in [0.4, 0.5) is 0 Å². The number of hydrogen-bond donors (Lipinski definition) is 0. The fraction of sp³-hybridized carbons (Fsp3) is 1.00. The molecule has 0 bridgehead atoms. The van der Waals surface area contributed by atoms with Crippen molar-refractivity contribution in [1.29, 1.82) is 0 Å². The normalized spacial score (nSPS) is 13.3. The summed E-state index contributed by atoms with van der Waals surface area (Å²) in [6.45, 7) is 7.26. The van der Waals surface area contributed by atoms with E-state index in [1.54, 1.807) is 0 Å². The maximum absolute atomic E-state index is 2.70. The molecule has 0 N–H and O–H groups in total. The Kier molecular flexibility index (Phi) is 3.86. The predicted octanol–water partition coefficient (Wildman–Crippen LogP) is 2.00. The van der Waals surface area contributed by atoms with Gasteiger partial charge in [0, 0.05) is 0 Å². The van der Waals surface area contributed by atoms with E-state index in [1.807, 2.05) is 0 Å². The minimum absolute atomic E-state index is 0.900. The number of nitrogens with zero attached hydrogens (tertiary/aromatic N) is 1. The molecule has 0 rings (SSSR count). The third-order valence-electron chi connectivity index (χ3n) is 1.57. The van der Waals surface area contributed by atoms with Crippen LogP contribution in [-0.2, 0) is 0 Å². The Morgan fingerprint density at radius 1 is 1.11 bits per heavy atom. The molecule has 0 amide bonds. The number of hydrogen-bond acceptors (Lipinski definition) is 1. The van der Waals surface area contributed by atoms with Crippen molar-refractivity contribution in [3.05, 3.63) is 0 Å². The summed E-state index contributed by atoms with van der Waals surface area (Å²) in [5.41, 5.74) is 0. The second-order valence-corrected chi connectivity index (χ2v) is 19.0. The summed E-state index contributed by atoms with van der Waals surface area (Å²) in [6.07, 6.45) is 0. The van der Waals surface area contributed by atoms with E-state index >= 15 is 0 Å². The van der Waals surface area contributed by atoms with Crippen molar-refractivity contribution in [2.45, 2.75) is 28.9 Å². The van der Waals surface area contributed by atoms with Crippen LogP contribution in [0.2, 0.25) is 28.9 Å². The van der Waals surface area contributed by atoms with Gasteiger partial charge in [0.1, 0.15) is 0 Å². The molecule has 0 aromatic carbocycles. The first-order chi connectivity index (χ1) is 3.85. The zero-order valence-electron chi connectivity index (χ0n) is 7.39. The Balaban J connectivity index is 3.88. The van der Waals surface area contributed by atoms with Gasteiger partial charge in [-0.25, -0.2) is 0 Å². The van der Waals surface area contributed by atoms with Crippen LogP contribution in [0.25, 0.3) is 0 Å². The third-order valence-corrected chi connectivity index (χ3v) is 18.7. The van der Waals surface area contributed by atoms with Gasteiger partial charge in [-0.1, -0.05) is 0 Å². The van der Waals surface area contributed by atoms with Gasteiger partial charge in [0.2, 0.25) is 0 Å². The van der Waals surface area contributed by atoms with Crippen LogP contribution in [0, 0.1) is 0 Å². The summed E-state index contributed by atoms with van der Waals surface area (Å²) in [6, 6.07) is 0. The van der Waals surface area contributed by atoms with Gasteiger partial charge in [0.15, 0.2) is 0 Å². The third kappa shape index (κ3) is 3.69. The zero-order chi connectivity index (χ0) is 7.65. The standard InChI is InChI=1S/C4H12NSi.2CH3.Bi/c1-5-6(2,3)4;;;/h1-4H3;2*1H3;/q-1;;;+1. The molecule has 0 saturated heterocycles. The fourth-order valence-electron chi connectivity index (χ4n) is 0.600. The first-order valence-electron chi connectivity index (χ1n) is 3.27. The van der Waals surface area contributed by atoms with Gasteiger partial charge in [-0.3, -0.25) is 0 Å². The molecule has 3 heteroatoms. The summed E-state index contributed by atoms with van der Waals surface area (Å²) in [7, 11) is 1.41. The second-order valence-electron chi connectivity index (χ2n) is 3.54. The van der Waals surface area contributed by atoms with Crippen molar-refractivity contribution in [1.82, 2.24) is 2.51 Å². The van der Waals surface area contributed by atoms with Crippen molar-refractivity contribution >= 4 is 30.3 Å². The fourth-order valence-corrected chi connectivity index (χ4v) is 15.8. The molecule has 0 unspecified atom stereocenters. The molecule has 0 saturated carbocycles. The van der Waals surface area contributed by atoms with Gasteiger partial charge >= 0.3 is 68.7 Å². The zero-order valence-corrected chi connectivity index (χ0v) is 11.9. The van der Waals surface area contributed by atoms with Crippen molar-refractivity contribution in [2.75, 3.05) is 7.05 Å². The van der Waals surface area contributed by atoms with Crippen LogP contribution < -0.4 is 0 Å². The molecule has 0 fully saturated rings.